The number of aliphatic carboxylic acids is 1. The van der Waals surface area contributed by atoms with E-state index in [1.54, 1.807) is 0 Å². The first-order valence-corrected chi connectivity index (χ1v) is 10.6. The van der Waals surface area contributed by atoms with E-state index in [4.69, 9.17) is 4.74 Å². The van der Waals surface area contributed by atoms with Crippen LogP contribution in [-0.4, -0.2) is 40.1 Å². The van der Waals surface area contributed by atoms with Crippen LogP contribution in [-0.2, 0) is 33.9 Å². The van der Waals surface area contributed by atoms with Crippen LogP contribution in [0.1, 0.15) is 36.0 Å². The molecule has 0 saturated heterocycles. The largest absolute Gasteiger partial charge is 0.480 e. The van der Waals surface area contributed by atoms with E-state index in [-0.39, 0.29) is 13.2 Å². The maximum Gasteiger partial charge on any atom is 0.411 e. The quantitative estimate of drug-likeness (QED) is 0.715. The van der Waals surface area contributed by atoms with Crippen molar-refractivity contribution in [3.05, 3.63) is 71.3 Å². The molecule has 4 rings (SSSR count). The first-order valence-electron chi connectivity index (χ1n) is 10.6. The zero-order valence-corrected chi connectivity index (χ0v) is 17.2. The standard InChI is InChI=1S/C24H26N2O5/c27-22(25-20(23(28)29)12-16-10-11-16)21-13-18-8-4-5-9-19(18)14-26(21)24(30)31-15-17-6-2-1-3-7-17/h1-9,16,20-21H,10-15H2,(H,25,27)(H,28,29)/t20-,21+/m1/s1. The summed E-state index contributed by atoms with van der Waals surface area (Å²) >= 11 is 0. The van der Waals surface area contributed by atoms with Gasteiger partial charge in [0.05, 0.1) is 6.54 Å². The second-order valence-corrected chi connectivity index (χ2v) is 8.24. The van der Waals surface area contributed by atoms with Crippen LogP contribution in [0, 0.1) is 5.92 Å². The fourth-order valence-electron chi connectivity index (χ4n) is 3.93. The Morgan fingerprint density at radius 2 is 1.71 bits per heavy atom. The number of fused-ring (bicyclic) bond motifs is 1. The third-order valence-corrected chi connectivity index (χ3v) is 5.87. The number of carboxylic acid groups (broad SMARTS) is 1. The van der Waals surface area contributed by atoms with Gasteiger partial charge in [-0.05, 0) is 29.0 Å². The summed E-state index contributed by atoms with van der Waals surface area (Å²) in [6, 6.07) is 15.2. The summed E-state index contributed by atoms with van der Waals surface area (Å²) in [6.07, 6.45) is 2.14. The highest BCUT2D eigenvalue weighted by Gasteiger charge is 2.38. The van der Waals surface area contributed by atoms with Crippen LogP contribution < -0.4 is 5.32 Å². The van der Waals surface area contributed by atoms with Crippen LogP contribution in [0.15, 0.2) is 54.6 Å². The summed E-state index contributed by atoms with van der Waals surface area (Å²) in [6.45, 7) is 0.341. The highest BCUT2D eigenvalue weighted by Crippen LogP contribution is 2.33. The van der Waals surface area contributed by atoms with Crippen molar-refractivity contribution in [1.29, 1.82) is 0 Å². The number of hydrogen-bond donors (Lipinski definition) is 2. The van der Waals surface area contributed by atoms with Gasteiger partial charge in [0.25, 0.3) is 0 Å². The Morgan fingerprint density at radius 1 is 1.03 bits per heavy atom. The monoisotopic (exact) mass is 422 g/mol. The molecule has 1 fully saturated rings. The molecule has 1 heterocycles. The molecule has 2 aromatic carbocycles. The Labute approximate surface area is 181 Å². The van der Waals surface area contributed by atoms with Gasteiger partial charge in [-0.15, -0.1) is 0 Å². The number of carbonyl (C=O) groups excluding carboxylic acids is 2. The number of benzene rings is 2. The van der Waals surface area contributed by atoms with Crippen LogP contribution in [0.25, 0.3) is 0 Å². The van der Waals surface area contributed by atoms with Gasteiger partial charge >= 0.3 is 12.1 Å². The molecule has 2 amide bonds. The van der Waals surface area contributed by atoms with E-state index in [0.717, 1.165) is 29.5 Å². The number of carboxylic acids is 1. The minimum absolute atomic E-state index is 0.103. The number of nitrogens with one attached hydrogen (secondary N) is 1. The van der Waals surface area contributed by atoms with Crippen LogP contribution in [0.4, 0.5) is 4.79 Å². The van der Waals surface area contributed by atoms with Crippen molar-refractivity contribution in [3.63, 3.8) is 0 Å². The lowest BCUT2D eigenvalue weighted by Crippen LogP contribution is -2.55. The zero-order chi connectivity index (χ0) is 21.8. The van der Waals surface area contributed by atoms with Crippen molar-refractivity contribution in [1.82, 2.24) is 10.2 Å². The third-order valence-electron chi connectivity index (χ3n) is 5.87. The molecule has 7 nitrogen and oxygen atoms in total. The smallest absolute Gasteiger partial charge is 0.411 e. The van der Waals surface area contributed by atoms with Gasteiger partial charge in [-0.1, -0.05) is 67.4 Å². The highest BCUT2D eigenvalue weighted by atomic mass is 16.6. The van der Waals surface area contributed by atoms with Gasteiger partial charge in [0.1, 0.15) is 18.7 Å². The van der Waals surface area contributed by atoms with E-state index in [9.17, 15) is 19.5 Å². The van der Waals surface area contributed by atoms with E-state index >= 15 is 0 Å². The predicted molar refractivity (Wildman–Crippen MR) is 113 cm³/mol. The minimum Gasteiger partial charge on any atom is -0.480 e. The van der Waals surface area contributed by atoms with Gasteiger partial charge in [-0.2, -0.15) is 0 Å². The molecule has 1 saturated carbocycles. The molecule has 0 unspecified atom stereocenters. The Balaban J connectivity index is 1.49. The molecular weight excluding hydrogens is 396 g/mol. The van der Waals surface area contributed by atoms with Crippen LogP contribution >= 0.6 is 0 Å². The van der Waals surface area contributed by atoms with Gasteiger partial charge < -0.3 is 15.2 Å². The summed E-state index contributed by atoms with van der Waals surface area (Å²) in [4.78, 5) is 39.0. The van der Waals surface area contributed by atoms with E-state index in [1.165, 1.54) is 4.90 Å². The summed E-state index contributed by atoms with van der Waals surface area (Å²) in [5, 5.41) is 12.2. The summed E-state index contributed by atoms with van der Waals surface area (Å²) in [5.74, 6) is -1.16. The molecule has 31 heavy (non-hydrogen) atoms. The van der Waals surface area contributed by atoms with Crippen molar-refractivity contribution >= 4 is 18.0 Å². The van der Waals surface area contributed by atoms with E-state index in [2.05, 4.69) is 5.32 Å². The Hall–Kier alpha value is -3.35. The third kappa shape index (κ3) is 5.23. The van der Waals surface area contributed by atoms with Crippen molar-refractivity contribution in [2.75, 3.05) is 0 Å². The van der Waals surface area contributed by atoms with Crippen molar-refractivity contribution in [2.45, 2.75) is 50.9 Å². The van der Waals surface area contributed by atoms with Crippen LogP contribution in [0.2, 0.25) is 0 Å². The molecule has 2 aromatic rings. The van der Waals surface area contributed by atoms with Crippen molar-refractivity contribution in [2.24, 2.45) is 5.92 Å². The van der Waals surface area contributed by atoms with Gasteiger partial charge in [-0.3, -0.25) is 9.69 Å². The molecule has 0 aromatic heterocycles. The molecule has 1 aliphatic carbocycles. The number of carbonyl (C=O) groups is 3. The second-order valence-electron chi connectivity index (χ2n) is 8.24. The van der Waals surface area contributed by atoms with Crippen molar-refractivity contribution < 1.29 is 24.2 Å². The minimum atomic E-state index is -1.05. The summed E-state index contributed by atoms with van der Waals surface area (Å²) in [5.41, 5.74) is 2.78. The van der Waals surface area contributed by atoms with E-state index in [0.29, 0.717) is 18.8 Å². The summed E-state index contributed by atoms with van der Waals surface area (Å²) in [7, 11) is 0. The topological polar surface area (TPSA) is 95.9 Å². The normalized spacial score (nSPS) is 18.6. The maximum absolute atomic E-state index is 13.1. The molecule has 0 bridgehead atoms. The van der Waals surface area contributed by atoms with Gasteiger partial charge in [-0.25, -0.2) is 9.59 Å². The Bertz CT molecular complexity index is 957. The average molecular weight is 422 g/mol. The molecule has 0 spiro atoms. The number of rotatable bonds is 7. The number of amides is 2. The van der Waals surface area contributed by atoms with Crippen LogP contribution in [0.5, 0.6) is 0 Å². The Kier molecular flexibility index (Phi) is 6.21. The summed E-state index contributed by atoms with van der Waals surface area (Å²) < 4.78 is 5.48. The lowest BCUT2D eigenvalue weighted by molar-refractivity contribution is -0.143. The van der Waals surface area contributed by atoms with Crippen molar-refractivity contribution in [3.8, 4) is 0 Å². The highest BCUT2D eigenvalue weighted by molar-refractivity contribution is 5.90. The first kappa shape index (κ1) is 20.9. The SMILES string of the molecule is O=C(O)[C@@H](CC1CC1)NC(=O)[C@@H]1Cc2ccccc2CN1C(=O)OCc1ccccc1. The van der Waals surface area contributed by atoms with Crippen LogP contribution in [0.3, 0.4) is 0 Å². The number of ether oxygens (including phenoxy) is 1. The second kappa shape index (κ2) is 9.20. The average Bonchev–Trinajstić information content (AvgIpc) is 3.61. The van der Waals surface area contributed by atoms with Gasteiger partial charge in [0.2, 0.25) is 5.91 Å². The first-order chi connectivity index (χ1) is 15.0. The number of nitrogens with zero attached hydrogens (tertiary/aromatic N) is 1. The maximum atomic E-state index is 13.1. The predicted octanol–water partition coefficient (Wildman–Crippen LogP) is 3.12. The lowest BCUT2D eigenvalue weighted by atomic mass is 9.93. The van der Waals surface area contributed by atoms with E-state index < -0.39 is 30.1 Å². The molecule has 2 aliphatic rings. The fraction of sp³-hybridized carbons (Fsp3) is 0.375. The Morgan fingerprint density at radius 3 is 2.39 bits per heavy atom. The molecule has 2 atom stereocenters. The molecule has 162 valence electrons. The van der Waals surface area contributed by atoms with Gasteiger partial charge in [0, 0.05) is 6.42 Å². The molecular formula is C24H26N2O5. The van der Waals surface area contributed by atoms with Gasteiger partial charge in [0.15, 0.2) is 0 Å². The zero-order valence-electron chi connectivity index (χ0n) is 17.2. The molecule has 2 N–H and O–H groups in total. The fourth-order valence-corrected chi connectivity index (χ4v) is 3.93. The molecule has 0 radical (unpaired) electrons. The molecule has 1 aliphatic heterocycles. The lowest BCUT2D eigenvalue weighted by Gasteiger charge is -2.35. The molecule has 7 heteroatoms. The number of hydrogen-bond acceptors (Lipinski definition) is 4. The van der Waals surface area contributed by atoms with E-state index in [1.807, 2.05) is 54.6 Å².